The Morgan fingerprint density at radius 2 is 1.84 bits per heavy atom. The zero-order chi connectivity index (χ0) is 17.1. The van der Waals surface area contributed by atoms with E-state index in [-0.39, 0.29) is 11.5 Å². The molecule has 0 aliphatic carbocycles. The maximum Gasteiger partial charge on any atom is 0.215 e. The van der Waals surface area contributed by atoms with Crippen LogP contribution in [0, 0.1) is 0 Å². The van der Waals surface area contributed by atoms with Crippen LogP contribution in [-0.2, 0) is 0 Å². The molecule has 0 unspecified atom stereocenters. The lowest BCUT2D eigenvalue weighted by atomic mass is 10.1. The summed E-state index contributed by atoms with van der Waals surface area (Å²) in [6.45, 7) is 0. The molecule has 1 aliphatic rings. The van der Waals surface area contributed by atoms with Gasteiger partial charge in [0.25, 0.3) is 0 Å². The number of aliphatic imine (C=N–C) groups is 1. The van der Waals surface area contributed by atoms with Crippen molar-refractivity contribution in [3.05, 3.63) is 70.1 Å². The second-order valence-electron chi connectivity index (χ2n) is 5.87. The van der Waals surface area contributed by atoms with E-state index in [1.807, 2.05) is 42.5 Å². The van der Waals surface area contributed by atoms with Gasteiger partial charge >= 0.3 is 0 Å². The summed E-state index contributed by atoms with van der Waals surface area (Å²) in [5, 5.41) is 13.9. The first-order chi connectivity index (χ1) is 12.1. The number of aromatic hydroxyl groups is 1. The van der Waals surface area contributed by atoms with Crippen molar-refractivity contribution in [3.8, 4) is 5.75 Å². The van der Waals surface area contributed by atoms with Gasteiger partial charge in [0.15, 0.2) is 0 Å². The van der Waals surface area contributed by atoms with E-state index in [1.54, 1.807) is 12.1 Å². The highest BCUT2D eigenvalue weighted by molar-refractivity contribution is 7.23. The number of para-hydroxylation sites is 1. The SMILES string of the molecule is O=C1C(c2sc3c(ccc4cccc(Cl)c43)c2O)=Nc2ccccc21. The molecular formula is C20H10ClNO2S. The molecule has 4 aromatic rings. The number of carbonyl (C=O) groups excluding carboxylic acids is 1. The summed E-state index contributed by atoms with van der Waals surface area (Å²) in [7, 11) is 0. The number of rotatable bonds is 1. The van der Waals surface area contributed by atoms with Gasteiger partial charge in [0.2, 0.25) is 5.78 Å². The minimum absolute atomic E-state index is 0.0849. The normalized spacial score (nSPS) is 13.5. The number of hydrogen-bond acceptors (Lipinski definition) is 4. The first-order valence-corrected chi connectivity index (χ1v) is 8.90. The third-order valence-corrected chi connectivity index (χ3v) is 5.97. The Hall–Kier alpha value is -2.69. The fourth-order valence-electron chi connectivity index (χ4n) is 3.24. The van der Waals surface area contributed by atoms with E-state index in [0.717, 1.165) is 15.5 Å². The largest absolute Gasteiger partial charge is 0.506 e. The third kappa shape index (κ3) is 1.98. The van der Waals surface area contributed by atoms with Crippen LogP contribution >= 0.6 is 22.9 Å². The molecule has 120 valence electrons. The molecule has 0 saturated carbocycles. The van der Waals surface area contributed by atoms with Crippen molar-refractivity contribution >= 4 is 61.0 Å². The highest BCUT2D eigenvalue weighted by Gasteiger charge is 2.30. The lowest BCUT2D eigenvalue weighted by Crippen LogP contribution is -2.09. The number of Topliss-reactive ketones (excluding diaryl/α,β-unsaturated/α-hetero) is 1. The average Bonchev–Trinajstić information content (AvgIpc) is 3.13. The topological polar surface area (TPSA) is 49.7 Å². The molecule has 25 heavy (non-hydrogen) atoms. The van der Waals surface area contributed by atoms with E-state index in [1.165, 1.54) is 11.3 Å². The summed E-state index contributed by atoms with van der Waals surface area (Å²) in [4.78, 5) is 17.6. The highest BCUT2D eigenvalue weighted by atomic mass is 35.5. The number of nitrogens with zero attached hydrogens (tertiary/aromatic N) is 1. The van der Waals surface area contributed by atoms with Crippen LogP contribution in [-0.4, -0.2) is 16.6 Å². The summed E-state index contributed by atoms with van der Waals surface area (Å²) >= 11 is 7.74. The molecule has 1 aliphatic heterocycles. The number of halogens is 1. The highest BCUT2D eigenvalue weighted by Crippen LogP contribution is 2.44. The monoisotopic (exact) mass is 363 g/mol. The van der Waals surface area contributed by atoms with Crippen LogP contribution < -0.4 is 0 Å². The molecule has 0 fully saturated rings. The molecular weight excluding hydrogens is 354 g/mol. The first-order valence-electron chi connectivity index (χ1n) is 7.70. The average molecular weight is 364 g/mol. The molecule has 1 aromatic heterocycles. The smallest absolute Gasteiger partial charge is 0.215 e. The summed E-state index contributed by atoms with van der Waals surface area (Å²) in [6, 6.07) is 16.7. The summed E-state index contributed by atoms with van der Waals surface area (Å²) in [6.07, 6.45) is 0. The summed E-state index contributed by atoms with van der Waals surface area (Å²) in [5.41, 5.74) is 1.50. The maximum absolute atomic E-state index is 12.7. The van der Waals surface area contributed by atoms with Gasteiger partial charge in [-0.1, -0.05) is 41.9 Å². The Morgan fingerprint density at radius 1 is 1.00 bits per heavy atom. The first kappa shape index (κ1) is 14.6. The van der Waals surface area contributed by atoms with Crippen molar-refractivity contribution in [2.75, 3.05) is 0 Å². The van der Waals surface area contributed by atoms with Gasteiger partial charge in [-0.05, 0) is 29.7 Å². The van der Waals surface area contributed by atoms with Crippen molar-refractivity contribution in [2.45, 2.75) is 0 Å². The zero-order valence-corrected chi connectivity index (χ0v) is 14.4. The predicted molar refractivity (Wildman–Crippen MR) is 103 cm³/mol. The van der Waals surface area contributed by atoms with Crippen molar-refractivity contribution in [3.63, 3.8) is 0 Å². The number of carbonyl (C=O) groups is 1. The quantitative estimate of drug-likeness (QED) is 0.469. The number of ketones is 1. The number of thiophene rings is 1. The molecule has 0 amide bonds. The molecule has 3 nitrogen and oxygen atoms in total. The van der Waals surface area contributed by atoms with Gasteiger partial charge in [-0.2, -0.15) is 0 Å². The number of fused-ring (bicyclic) bond motifs is 4. The third-order valence-electron chi connectivity index (χ3n) is 4.43. The van der Waals surface area contributed by atoms with Crippen molar-refractivity contribution < 1.29 is 9.90 Å². The second kappa shape index (κ2) is 5.15. The van der Waals surface area contributed by atoms with E-state index in [2.05, 4.69) is 4.99 Å². The van der Waals surface area contributed by atoms with Gasteiger partial charge in [0.1, 0.15) is 11.5 Å². The van der Waals surface area contributed by atoms with Gasteiger partial charge in [-0.3, -0.25) is 4.79 Å². The molecule has 5 heteroatoms. The molecule has 3 aromatic carbocycles. The molecule has 0 bridgehead atoms. The van der Waals surface area contributed by atoms with Crippen LogP contribution in [0.5, 0.6) is 5.75 Å². The van der Waals surface area contributed by atoms with E-state index >= 15 is 0 Å². The maximum atomic E-state index is 12.7. The molecule has 0 radical (unpaired) electrons. The van der Waals surface area contributed by atoms with Crippen LogP contribution in [0.3, 0.4) is 0 Å². The molecule has 0 spiro atoms. The van der Waals surface area contributed by atoms with Gasteiger partial charge in [0.05, 0.1) is 10.6 Å². The fourth-order valence-corrected chi connectivity index (χ4v) is 4.83. The second-order valence-corrected chi connectivity index (χ2v) is 7.29. The van der Waals surface area contributed by atoms with E-state index in [0.29, 0.717) is 32.2 Å². The van der Waals surface area contributed by atoms with Gasteiger partial charge in [0, 0.05) is 26.1 Å². The molecule has 1 N–H and O–H groups in total. The lowest BCUT2D eigenvalue weighted by Gasteiger charge is -2.01. The summed E-state index contributed by atoms with van der Waals surface area (Å²) < 4.78 is 0.863. The predicted octanol–water partition coefficient (Wildman–Crippen LogP) is 5.73. The lowest BCUT2D eigenvalue weighted by molar-refractivity contribution is 0.107. The van der Waals surface area contributed by atoms with Crippen LogP contribution in [0.2, 0.25) is 5.02 Å². The summed E-state index contributed by atoms with van der Waals surface area (Å²) in [5.74, 6) is -0.0745. The van der Waals surface area contributed by atoms with E-state index in [4.69, 9.17) is 11.6 Å². The van der Waals surface area contributed by atoms with Crippen molar-refractivity contribution in [1.29, 1.82) is 0 Å². The van der Waals surface area contributed by atoms with E-state index < -0.39 is 0 Å². The minimum Gasteiger partial charge on any atom is -0.506 e. The molecule has 0 atom stereocenters. The number of hydrogen-bond donors (Lipinski definition) is 1. The van der Waals surface area contributed by atoms with Crippen molar-refractivity contribution in [1.82, 2.24) is 0 Å². The van der Waals surface area contributed by atoms with Crippen LogP contribution in [0.4, 0.5) is 5.69 Å². The Bertz CT molecular complexity index is 1240. The zero-order valence-electron chi connectivity index (χ0n) is 12.8. The standard InChI is InChI=1S/C20H10ClNO2S/c21-13-6-3-4-10-8-9-12-18(24)20(25-19(12)15(10)13)16-17(23)11-5-1-2-7-14(11)22-16/h1-9,24H. The Balaban J connectivity index is 1.81. The van der Waals surface area contributed by atoms with Crippen molar-refractivity contribution in [2.24, 2.45) is 4.99 Å². The van der Waals surface area contributed by atoms with Crippen LogP contribution in [0.15, 0.2) is 59.6 Å². The van der Waals surface area contributed by atoms with Gasteiger partial charge < -0.3 is 5.11 Å². The molecule has 0 saturated heterocycles. The van der Waals surface area contributed by atoms with Gasteiger partial charge in [-0.15, -0.1) is 11.3 Å². The molecule has 5 rings (SSSR count). The fraction of sp³-hybridized carbons (Fsp3) is 0. The Labute approximate surface area is 151 Å². The number of benzene rings is 3. The Kier molecular flexibility index (Phi) is 3.02. The Morgan fingerprint density at radius 3 is 2.68 bits per heavy atom. The van der Waals surface area contributed by atoms with Crippen LogP contribution in [0.25, 0.3) is 20.9 Å². The molecule has 2 heterocycles. The van der Waals surface area contributed by atoms with Crippen LogP contribution in [0.1, 0.15) is 15.2 Å². The van der Waals surface area contributed by atoms with E-state index in [9.17, 15) is 9.90 Å². The minimum atomic E-state index is -0.159. The van der Waals surface area contributed by atoms with Gasteiger partial charge in [-0.25, -0.2) is 4.99 Å².